The van der Waals surface area contributed by atoms with Gasteiger partial charge in [-0.1, -0.05) is 62.3 Å². The van der Waals surface area contributed by atoms with Gasteiger partial charge in [0.05, 0.1) is 12.1 Å². The first-order valence-electron chi connectivity index (χ1n) is 10.6. The summed E-state index contributed by atoms with van der Waals surface area (Å²) in [4.78, 5) is 25.8. The van der Waals surface area contributed by atoms with Crippen molar-refractivity contribution in [3.63, 3.8) is 0 Å². The predicted molar refractivity (Wildman–Crippen MR) is 116 cm³/mol. The third kappa shape index (κ3) is 8.03. The van der Waals surface area contributed by atoms with E-state index in [4.69, 9.17) is 0 Å². The summed E-state index contributed by atoms with van der Waals surface area (Å²) in [6.07, 6.45) is 2.65. The van der Waals surface area contributed by atoms with Gasteiger partial charge in [0, 0.05) is 10.8 Å². The molecule has 0 bridgehead atoms. The molecular formula is C23H46N2O2. The lowest BCUT2D eigenvalue weighted by Crippen LogP contribution is -2.47. The van der Waals surface area contributed by atoms with Crippen LogP contribution in [0.25, 0.3) is 0 Å². The molecule has 0 aromatic rings. The second kappa shape index (κ2) is 10.7. The molecule has 0 aromatic heterocycles. The summed E-state index contributed by atoms with van der Waals surface area (Å²) in [7, 11) is 3.75. The number of Topliss-reactive ketones (excluding diaryl/α,β-unsaturated/α-hetero) is 2. The van der Waals surface area contributed by atoms with E-state index < -0.39 is 0 Å². The summed E-state index contributed by atoms with van der Waals surface area (Å²) in [6, 6.07) is -0.231. The van der Waals surface area contributed by atoms with Gasteiger partial charge >= 0.3 is 0 Å². The zero-order valence-electron chi connectivity index (χ0n) is 19.8. The monoisotopic (exact) mass is 382 g/mol. The first-order chi connectivity index (χ1) is 12.2. The Morgan fingerprint density at radius 2 is 1.37 bits per heavy atom. The number of hydrogen-bond acceptors (Lipinski definition) is 4. The van der Waals surface area contributed by atoms with Gasteiger partial charge in [-0.05, 0) is 51.1 Å². The Balaban J connectivity index is 5.01. The second-order valence-electron chi connectivity index (χ2n) is 10.5. The number of nitrogens with one attached hydrogen (secondary N) is 2. The topological polar surface area (TPSA) is 58.2 Å². The van der Waals surface area contributed by atoms with Crippen LogP contribution >= 0.6 is 0 Å². The lowest BCUT2D eigenvalue weighted by Gasteiger charge is -2.34. The Morgan fingerprint density at radius 1 is 0.852 bits per heavy atom. The van der Waals surface area contributed by atoms with E-state index in [1.807, 2.05) is 34.9 Å². The number of likely N-dealkylation sites (N-methyl/N-ethyl adjacent to an activating group) is 2. The van der Waals surface area contributed by atoms with Crippen LogP contribution in [0, 0.1) is 28.6 Å². The molecule has 1 unspecified atom stereocenters. The smallest absolute Gasteiger partial charge is 0.155 e. The van der Waals surface area contributed by atoms with Crippen LogP contribution in [0.5, 0.6) is 0 Å². The molecule has 0 aliphatic heterocycles. The molecule has 4 nitrogen and oxygen atoms in total. The number of hydrogen-bond donors (Lipinski definition) is 2. The van der Waals surface area contributed by atoms with E-state index >= 15 is 0 Å². The first-order valence-corrected chi connectivity index (χ1v) is 10.6. The molecule has 0 aliphatic rings. The van der Waals surface area contributed by atoms with Gasteiger partial charge in [0.25, 0.3) is 0 Å². The van der Waals surface area contributed by atoms with Crippen molar-refractivity contribution < 1.29 is 9.59 Å². The third-order valence-corrected chi connectivity index (χ3v) is 6.02. The third-order valence-electron chi connectivity index (χ3n) is 6.02. The first kappa shape index (κ1) is 26.3. The molecule has 0 aromatic carbocycles. The molecule has 0 radical (unpaired) electrons. The summed E-state index contributed by atoms with van der Waals surface area (Å²) >= 11 is 0. The molecule has 0 saturated carbocycles. The van der Waals surface area contributed by atoms with Crippen molar-refractivity contribution in [1.29, 1.82) is 0 Å². The van der Waals surface area contributed by atoms with Gasteiger partial charge < -0.3 is 10.6 Å². The lowest BCUT2D eigenvalue weighted by atomic mass is 9.73. The SMILES string of the molecule is CN[C@@H](CC(C)C)C(=O)C(C)(C)CCC(C)[C@H](C)[C@H](NC)C(=O)C(C)(C)C. The fourth-order valence-electron chi connectivity index (χ4n) is 3.70. The summed E-state index contributed by atoms with van der Waals surface area (Å²) < 4.78 is 0. The number of carbonyl (C=O) groups excluding carboxylic acids is 2. The minimum Gasteiger partial charge on any atom is -0.311 e. The van der Waals surface area contributed by atoms with Crippen molar-refractivity contribution >= 4 is 11.6 Å². The van der Waals surface area contributed by atoms with Crippen molar-refractivity contribution in [3.05, 3.63) is 0 Å². The lowest BCUT2D eigenvalue weighted by molar-refractivity contribution is -0.131. The average molecular weight is 383 g/mol. The molecule has 0 saturated heterocycles. The Bertz CT molecular complexity index is 477. The molecule has 160 valence electrons. The van der Waals surface area contributed by atoms with Crippen LogP contribution in [-0.4, -0.2) is 37.7 Å². The van der Waals surface area contributed by atoms with Crippen molar-refractivity contribution in [3.8, 4) is 0 Å². The maximum Gasteiger partial charge on any atom is 0.155 e. The van der Waals surface area contributed by atoms with E-state index in [1.165, 1.54) is 0 Å². The predicted octanol–water partition coefficient (Wildman–Crippen LogP) is 4.47. The van der Waals surface area contributed by atoms with E-state index in [1.54, 1.807) is 0 Å². The molecule has 27 heavy (non-hydrogen) atoms. The molecule has 4 heteroatoms. The van der Waals surface area contributed by atoms with Gasteiger partial charge in [-0.2, -0.15) is 0 Å². The highest BCUT2D eigenvalue weighted by Crippen LogP contribution is 2.32. The highest BCUT2D eigenvalue weighted by Gasteiger charge is 2.37. The Labute approximate surface area is 168 Å². The maximum absolute atomic E-state index is 13.0. The Hall–Kier alpha value is -0.740. The zero-order chi connectivity index (χ0) is 21.6. The van der Waals surface area contributed by atoms with Crippen LogP contribution < -0.4 is 10.6 Å². The minimum absolute atomic E-state index is 0.0831. The van der Waals surface area contributed by atoms with Crippen molar-refractivity contribution in [2.75, 3.05) is 14.1 Å². The molecular weight excluding hydrogens is 336 g/mol. The van der Waals surface area contributed by atoms with Crippen LogP contribution in [0.3, 0.4) is 0 Å². The molecule has 0 aliphatic carbocycles. The van der Waals surface area contributed by atoms with Crippen LogP contribution in [0.2, 0.25) is 0 Å². The average Bonchev–Trinajstić information content (AvgIpc) is 2.56. The summed E-state index contributed by atoms with van der Waals surface area (Å²) in [5.74, 6) is 1.63. The summed E-state index contributed by atoms with van der Waals surface area (Å²) in [5.41, 5.74) is -0.715. The second-order valence-corrected chi connectivity index (χ2v) is 10.5. The van der Waals surface area contributed by atoms with Gasteiger partial charge in [0.2, 0.25) is 0 Å². The summed E-state index contributed by atoms with van der Waals surface area (Å²) in [6.45, 7) is 18.7. The minimum atomic E-state index is -0.361. The fraction of sp³-hybridized carbons (Fsp3) is 0.913. The molecule has 2 N–H and O–H groups in total. The van der Waals surface area contributed by atoms with Crippen LogP contribution in [0.4, 0.5) is 0 Å². The molecule has 4 atom stereocenters. The molecule has 0 amide bonds. The van der Waals surface area contributed by atoms with E-state index in [2.05, 4.69) is 52.2 Å². The Morgan fingerprint density at radius 3 is 1.74 bits per heavy atom. The zero-order valence-corrected chi connectivity index (χ0v) is 19.8. The van der Waals surface area contributed by atoms with Crippen molar-refractivity contribution in [1.82, 2.24) is 10.6 Å². The van der Waals surface area contributed by atoms with Gasteiger partial charge in [-0.3, -0.25) is 9.59 Å². The Kier molecular flexibility index (Phi) is 10.4. The van der Waals surface area contributed by atoms with Crippen LogP contribution in [0.1, 0.15) is 81.6 Å². The highest BCUT2D eigenvalue weighted by molar-refractivity contribution is 5.89. The van der Waals surface area contributed by atoms with E-state index in [0.29, 0.717) is 17.6 Å². The van der Waals surface area contributed by atoms with Gasteiger partial charge in [-0.15, -0.1) is 0 Å². The quantitative estimate of drug-likeness (QED) is 0.523. The fourth-order valence-corrected chi connectivity index (χ4v) is 3.70. The highest BCUT2D eigenvalue weighted by atomic mass is 16.1. The molecule has 0 rings (SSSR count). The maximum atomic E-state index is 13.0. The standard InChI is InChI=1S/C23H46N2O2/c1-15(2)14-18(24-10)20(26)23(8,9)13-12-16(3)17(4)19(25-11)21(27)22(5,6)7/h15-19,24-25H,12-14H2,1-11H3/t16?,17-,18-,19-/m0/s1. The molecule has 0 fully saturated rings. The van der Waals surface area contributed by atoms with E-state index in [9.17, 15) is 9.59 Å². The number of carbonyl (C=O) groups is 2. The molecule has 0 heterocycles. The number of rotatable bonds is 12. The van der Waals surface area contributed by atoms with E-state index in [0.717, 1.165) is 19.3 Å². The van der Waals surface area contributed by atoms with Crippen LogP contribution in [-0.2, 0) is 9.59 Å². The summed E-state index contributed by atoms with van der Waals surface area (Å²) in [5, 5.41) is 6.44. The van der Waals surface area contributed by atoms with E-state index in [-0.39, 0.29) is 34.6 Å². The van der Waals surface area contributed by atoms with Crippen LogP contribution in [0.15, 0.2) is 0 Å². The number of ketones is 2. The molecule has 0 spiro atoms. The normalized spacial score (nSPS) is 17.5. The van der Waals surface area contributed by atoms with Crippen molar-refractivity contribution in [2.24, 2.45) is 28.6 Å². The van der Waals surface area contributed by atoms with Crippen molar-refractivity contribution in [2.45, 2.75) is 93.7 Å². The van der Waals surface area contributed by atoms with Gasteiger partial charge in [0.1, 0.15) is 0 Å². The largest absolute Gasteiger partial charge is 0.311 e. The van der Waals surface area contributed by atoms with Gasteiger partial charge in [-0.25, -0.2) is 0 Å². The van der Waals surface area contributed by atoms with Gasteiger partial charge in [0.15, 0.2) is 11.6 Å².